The van der Waals surface area contributed by atoms with E-state index in [4.69, 9.17) is 0 Å². The predicted molar refractivity (Wildman–Crippen MR) is 95.2 cm³/mol. The Kier molecular flexibility index (Phi) is 4.62. The first kappa shape index (κ1) is 16.6. The monoisotopic (exact) mass is 344 g/mol. The van der Waals surface area contributed by atoms with Crippen molar-refractivity contribution in [3.05, 3.63) is 46.8 Å². The number of nitrogens with zero attached hydrogens (tertiary/aromatic N) is 2. The fraction of sp³-hybridized carbons (Fsp3) is 0.353. The van der Waals surface area contributed by atoms with Crippen LogP contribution in [0.15, 0.2) is 24.4 Å². The Morgan fingerprint density at radius 2 is 2.12 bits per heavy atom. The quantitative estimate of drug-likeness (QED) is 0.897. The maximum atomic E-state index is 12.7. The molecule has 1 saturated heterocycles. The van der Waals surface area contributed by atoms with Crippen LogP contribution < -0.4 is 5.32 Å². The van der Waals surface area contributed by atoms with Crippen LogP contribution in [-0.2, 0) is 4.79 Å². The molecule has 2 N–H and O–H groups in total. The Balaban J connectivity index is 1.78. The van der Waals surface area contributed by atoms with Crippen LogP contribution in [0.2, 0.25) is 0 Å². The van der Waals surface area contributed by atoms with E-state index in [9.17, 15) is 9.59 Å². The SMILES string of the molecule is Cc1cccc(NC(=O)[C@H]2CSCN2C(=O)c2cn[nH]c2C)c1C. The number of nitrogens with one attached hydrogen (secondary N) is 2. The number of amides is 2. The zero-order chi connectivity index (χ0) is 17.3. The van der Waals surface area contributed by atoms with Gasteiger partial charge in [0.05, 0.1) is 17.6 Å². The van der Waals surface area contributed by atoms with Gasteiger partial charge in [-0.1, -0.05) is 12.1 Å². The second-order valence-electron chi connectivity index (χ2n) is 5.94. The Hall–Kier alpha value is -2.28. The van der Waals surface area contributed by atoms with Gasteiger partial charge in [0.25, 0.3) is 5.91 Å². The average molecular weight is 344 g/mol. The van der Waals surface area contributed by atoms with Gasteiger partial charge in [0.15, 0.2) is 0 Å². The molecule has 3 rings (SSSR count). The van der Waals surface area contributed by atoms with Gasteiger partial charge < -0.3 is 10.2 Å². The third kappa shape index (κ3) is 3.03. The molecule has 0 aliphatic carbocycles. The highest BCUT2D eigenvalue weighted by Crippen LogP contribution is 2.26. The topological polar surface area (TPSA) is 78.1 Å². The molecule has 0 bridgehead atoms. The van der Waals surface area contributed by atoms with Crippen molar-refractivity contribution in [1.82, 2.24) is 15.1 Å². The summed E-state index contributed by atoms with van der Waals surface area (Å²) in [5.74, 6) is 0.795. The molecule has 0 unspecified atom stereocenters. The fourth-order valence-corrected chi connectivity index (χ4v) is 3.84. The fourth-order valence-electron chi connectivity index (χ4n) is 2.68. The molecule has 0 spiro atoms. The average Bonchev–Trinajstić information content (AvgIpc) is 3.20. The molecule has 1 fully saturated rings. The van der Waals surface area contributed by atoms with E-state index >= 15 is 0 Å². The second kappa shape index (κ2) is 6.68. The number of thioether (sulfide) groups is 1. The van der Waals surface area contributed by atoms with Gasteiger partial charge in [-0.15, -0.1) is 11.8 Å². The van der Waals surface area contributed by atoms with Crippen molar-refractivity contribution in [2.45, 2.75) is 26.8 Å². The number of hydrogen-bond acceptors (Lipinski definition) is 4. The van der Waals surface area contributed by atoms with Crippen molar-refractivity contribution in [3.8, 4) is 0 Å². The molecule has 1 aromatic carbocycles. The van der Waals surface area contributed by atoms with Crippen molar-refractivity contribution < 1.29 is 9.59 Å². The van der Waals surface area contributed by atoms with E-state index in [1.807, 2.05) is 32.0 Å². The summed E-state index contributed by atoms with van der Waals surface area (Å²) in [7, 11) is 0. The number of aromatic amines is 1. The van der Waals surface area contributed by atoms with Crippen molar-refractivity contribution in [3.63, 3.8) is 0 Å². The molecule has 1 aliphatic heterocycles. The highest BCUT2D eigenvalue weighted by atomic mass is 32.2. The Morgan fingerprint density at radius 1 is 1.33 bits per heavy atom. The van der Waals surface area contributed by atoms with Crippen molar-refractivity contribution >= 4 is 29.3 Å². The number of carbonyl (C=O) groups excluding carboxylic acids is 2. The van der Waals surface area contributed by atoms with Crippen LogP contribution >= 0.6 is 11.8 Å². The number of carbonyl (C=O) groups is 2. The van der Waals surface area contributed by atoms with Gasteiger partial charge in [-0.3, -0.25) is 14.7 Å². The van der Waals surface area contributed by atoms with Gasteiger partial charge in [-0.2, -0.15) is 5.10 Å². The van der Waals surface area contributed by atoms with Gasteiger partial charge in [0, 0.05) is 17.1 Å². The zero-order valence-corrected chi connectivity index (χ0v) is 14.7. The molecule has 0 radical (unpaired) electrons. The smallest absolute Gasteiger partial charge is 0.258 e. The van der Waals surface area contributed by atoms with Gasteiger partial charge in [-0.25, -0.2) is 0 Å². The maximum absolute atomic E-state index is 12.7. The van der Waals surface area contributed by atoms with Crippen molar-refractivity contribution in [1.29, 1.82) is 0 Å². The maximum Gasteiger partial charge on any atom is 0.258 e. The number of rotatable bonds is 3. The number of anilines is 1. The van der Waals surface area contributed by atoms with E-state index in [1.54, 1.807) is 23.6 Å². The molecule has 24 heavy (non-hydrogen) atoms. The van der Waals surface area contributed by atoms with Crippen LogP contribution in [0.1, 0.15) is 27.2 Å². The highest BCUT2D eigenvalue weighted by molar-refractivity contribution is 7.99. The summed E-state index contributed by atoms with van der Waals surface area (Å²) in [6.45, 7) is 5.79. The minimum absolute atomic E-state index is 0.150. The first-order valence-electron chi connectivity index (χ1n) is 7.75. The van der Waals surface area contributed by atoms with E-state index in [-0.39, 0.29) is 11.8 Å². The van der Waals surface area contributed by atoms with E-state index in [0.29, 0.717) is 22.9 Å². The third-order valence-corrected chi connectivity index (χ3v) is 5.38. The summed E-state index contributed by atoms with van der Waals surface area (Å²) in [4.78, 5) is 27.0. The minimum atomic E-state index is -0.475. The molecule has 2 aromatic rings. The van der Waals surface area contributed by atoms with Crippen LogP contribution in [-0.4, -0.2) is 44.6 Å². The lowest BCUT2D eigenvalue weighted by Crippen LogP contribution is -2.44. The standard InChI is InChI=1S/C17H20N4O2S/c1-10-5-4-6-14(11(10)2)19-16(22)15-8-24-9-21(15)17(23)13-7-18-20-12(13)3/h4-7,15H,8-9H2,1-3H3,(H,18,20)(H,19,22)/t15-/m1/s1. The van der Waals surface area contributed by atoms with Crippen LogP contribution in [0, 0.1) is 20.8 Å². The Morgan fingerprint density at radius 3 is 2.83 bits per heavy atom. The largest absolute Gasteiger partial charge is 0.324 e. The molecular weight excluding hydrogens is 324 g/mol. The molecule has 0 saturated carbocycles. The summed E-state index contributed by atoms with van der Waals surface area (Å²) < 4.78 is 0. The van der Waals surface area contributed by atoms with Crippen LogP contribution in [0.3, 0.4) is 0 Å². The summed E-state index contributed by atoms with van der Waals surface area (Å²) in [6.07, 6.45) is 1.51. The molecule has 1 atom stereocenters. The molecular formula is C17H20N4O2S. The predicted octanol–water partition coefficient (Wildman–Crippen LogP) is 2.49. The van der Waals surface area contributed by atoms with E-state index < -0.39 is 6.04 Å². The highest BCUT2D eigenvalue weighted by Gasteiger charge is 2.36. The third-order valence-electron chi connectivity index (χ3n) is 4.37. The van der Waals surface area contributed by atoms with Gasteiger partial charge in [-0.05, 0) is 38.0 Å². The summed E-state index contributed by atoms with van der Waals surface area (Å²) >= 11 is 1.58. The van der Waals surface area contributed by atoms with Crippen LogP contribution in [0.4, 0.5) is 5.69 Å². The van der Waals surface area contributed by atoms with Gasteiger partial charge in [0.1, 0.15) is 6.04 Å². The number of H-pyrrole nitrogens is 1. The normalized spacial score (nSPS) is 17.1. The summed E-state index contributed by atoms with van der Waals surface area (Å²) in [6, 6.07) is 5.33. The number of hydrogen-bond donors (Lipinski definition) is 2. The second-order valence-corrected chi connectivity index (χ2v) is 6.94. The Labute approximate surface area is 145 Å². The van der Waals surface area contributed by atoms with Crippen molar-refractivity contribution in [2.75, 3.05) is 16.9 Å². The summed E-state index contributed by atoms with van der Waals surface area (Å²) in [5, 5.41) is 9.63. The first-order valence-corrected chi connectivity index (χ1v) is 8.90. The first-order chi connectivity index (χ1) is 11.5. The molecule has 2 amide bonds. The van der Waals surface area contributed by atoms with Crippen molar-refractivity contribution in [2.24, 2.45) is 0 Å². The van der Waals surface area contributed by atoms with Gasteiger partial charge >= 0.3 is 0 Å². The molecule has 126 valence electrons. The van der Waals surface area contributed by atoms with Crippen LogP contribution in [0.5, 0.6) is 0 Å². The van der Waals surface area contributed by atoms with E-state index in [1.165, 1.54) is 6.20 Å². The lowest BCUT2D eigenvalue weighted by atomic mass is 10.1. The van der Waals surface area contributed by atoms with E-state index in [0.717, 1.165) is 16.8 Å². The minimum Gasteiger partial charge on any atom is -0.324 e. The number of aromatic nitrogens is 2. The molecule has 6 nitrogen and oxygen atoms in total. The van der Waals surface area contributed by atoms with E-state index in [2.05, 4.69) is 15.5 Å². The lowest BCUT2D eigenvalue weighted by Gasteiger charge is -2.23. The Bertz CT molecular complexity index is 787. The van der Waals surface area contributed by atoms with Gasteiger partial charge in [0.2, 0.25) is 5.91 Å². The zero-order valence-electron chi connectivity index (χ0n) is 13.9. The molecule has 1 aliphatic rings. The molecule has 1 aromatic heterocycles. The number of aryl methyl sites for hydroxylation is 2. The molecule has 7 heteroatoms. The molecule has 2 heterocycles. The lowest BCUT2D eigenvalue weighted by molar-refractivity contribution is -0.119. The van der Waals surface area contributed by atoms with Crippen LogP contribution in [0.25, 0.3) is 0 Å². The summed E-state index contributed by atoms with van der Waals surface area (Å²) in [5.41, 5.74) is 4.19. The number of benzene rings is 1.